The number of imidazole rings is 1. The Morgan fingerprint density at radius 1 is 1.00 bits per heavy atom. The second-order valence-corrected chi connectivity index (χ2v) is 7.77. The van der Waals surface area contributed by atoms with Gasteiger partial charge in [0.25, 0.3) is 5.91 Å². The molecule has 31 heavy (non-hydrogen) atoms. The van der Waals surface area contributed by atoms with Crippen LogP contribution in [0.15, 0.2) is 85.3 Å². The number of amides is 1. The molecule has 158 valence electrons. The predicted octanol–water partition coefficient (Wildman–Crippen LogP) is 4.74. The lowest BCUT2D eigenvalue weighted by molar-refractivity contribution is 0.0225. The molecule has 5 nitrogen and oxygen atoms in total. The highest BCUT2D eigenvalue weighted by Crippen LogP contribution is 2.21. The van der Waals surface area contributed by atoms with Crippen molar-refractivity contribution in [3.8, 4) is 0 Å². The highest BCUT2D eigenvalue weighted by Gasteiger charge is 2.13. The first kappa shape index (κ1) is 20.8. The van der Waals surface area contributed by atoms with Gasteiger partial charge in [-0.15, -0.1) is 0 Å². The van der Waals surface area contributed by atoms with Crippen LogP contribution in [-0.2, 0) is 24.3 Å². The number of primary amides is 1. The molecular formula is C26H27N3O2. The van der Waals surface area contributed by atoms with Crippen LogP contribution in [0.4, 0.5) is 0 Å². The first-order chi connectivity index (χ1) is 15.2. The Labute approximate surface area is 182 Å². The van der Waals surface area contributed by atoms with Crippen LogP contribution in [0.5, 0.6) is 0 Å². The summed E-state index contributed by atoms with van der Waals surface area (Å²) >= 11 is 0. The van der Waals surface area contributed by atoms with Crippen molar-refractivity contribution in [1.82, 2.24) is 9.55 Å². The van der Waals surface area contributed by atoms with Crippen LogP contribution >= 0.6 is 0 Å². The van der Waals surface area contributed by atoms with Gasteiger partial charge in [0.15, 0.2) is 0 Å². The normalized spacial score (nSPS) is 12.1. The van der Waals surface area contributed by atoms with E-state index in [9.17, 15) is 4.79 Å². The lowest BCUT2D eigenvalue weighted by Crippen LogP contribution is -2.20. The van der Waals surface area contributed by atoms with Gasteiger partial charge in [-0.2, -0.15) is 0 Å². The molecule has 1 heterocycles. The average molecular weight is 414 g/mol. The second-order valence-electron chi connectivity index (χ2n) is 7.77. The van der Waals surface area contributed by atoms with Gasteiger partial charge in [-0.1, -0.05) is 72.8 Å². The standard InChI is InChI=1S/C26H27N3O2/c27-26(30)25-17-29(19-28-25)16-23(31-18-20-8-2-1-3-9-20)14-7-13-22-12-6-11-21-10-4-5-15-24(21)22/h1-6,8-12,15,17,19,23H,7,13-14,16,18H2,(H2,27,30)/t23-/m0/s1. The van der Waals surface area contributed by atoms with Gasteiger partial charge in [0.1, 0.15) is 5.69 Å². The summed E-state index contributed by atoms with van der Waals surface area (Å²) in [6.07, 6.45) is 6.23. The monoisotopic (exact) mass is 413 g/mol. The Hall–Kier alpha value is -3.44. The van der Waals surface area contributed by atoms with Crippen LogP contribution < -0.4 is 5.73 Å². The van der Waals surface area contributed by atoms with E-state index >= 15 is 0 Å². The fourth-order valence-electron chi connectivity index (χ4n) is 3.87. The Kier molecular flexibility index (Phi) is 6.75. The molecule has 1 atom stereocenters. The SMILES string of the molecule is NC(=O)c1cn(C[C@H](CCCc2cccc3ccccc23)OCc2ccccc2)cn1. The number of fused-ring (bicyclic) bond motifs is 1. The molecule has 0 aliphatic heterocycles. The summed E-state index contributed by atoms with van der Waals surface area (Å²) in [6.45, 7) is 1.18. The van der Waals surface area contributed by atoms with Crippen LogP contribution in [-0.4, -0.2) is 21.6 Å². The molecule has 4 rings (SSSR count). The molecule has 5 heteroatoms. The van der Waals surface area contributed by atoms with E-state index in [0.717, 1.165) is 24.8 Å². The van der Waals surface area contributed by atoms with Crippen molar-refractivity contribution in [2.75, 3.05) is 0 Å². The lowest BCUT2D eigenvalue weighted by atomic mass is 9.99. The molecule has 0 aliphatic carbocycles. The van der Waals surface area contributed by atoms with Gasteiger partial charge in [0.05, 0.1) is 19.0 Å². The molecule has 4 aromatic rings. The van der Waals surface area contributed by atoms with E-state index in [-0.39, 0.29) is 11.8 Å². The molecule has 0 radical (unpaired) electrons. The predicted molar refractivity (Wildman–Crippen MR) is 123 cm³/mol. The van der Waals surface area contributed by atoms with Crippen molar-refractivity contribution in [3.05, 3.63) is 102 Å². The Bertz CT molecular complexity index is 1130. The first-order valence-electron chi connectivity index (χ1n) is 10.6. The first-order valence-corrected chi connectivity index (χ1v) is 10.6. The fraction of sp³-hybridized carbons (Fsp3) is 0.231. The van der Waals surface area contributed by atoms with E-state index in [1.807, 2.05) is 22.8 Å². The quantitative estimate of drug-likeness (QED) is 0.408. The van der Waals surface area contributed by atoms with Crippen LogP contribution in [0, 0.1) is 0 Å². The van der Waals surface area contributed by atoms with Crippen molar-refractivity contribution in [1.29, 1.82) is 0 Å². The van der Waals surface area contributed by atoms with Gasteiger partial charge in [-0.25, -0.2) is 4.98 Å². The molecule has 3 aromatic carbocycles. The molecular weight excluding hydrogens is 386 g/mol. The number of nitrogens with two attached hydrogens (primary N) is 1. The molecule has 1 aromatic heterocycles. The van der Waals surface area contributed by atoms with E-state index in [4.69, 9.17) is 10.5 Å². The van der Waals surface area contributed by atoms with Gasteiger partial charge < -0.3 is 15.0 Å². The minimum Gasteiger partial charge on any atom is -0.372 e. The van der Waals surface area contributed by atoms with Gasteiger partial charge >= 0.3 is 0 Å². The third kappa shape index (κ3) is 5.58. The number of rotatable bonds is 10. The number of nitrogens with zero attached hydrogens (tertiary/aromatic N) is 2. The number of carbonyl (C=O) groups is 1. The molecule has 0 fully saturated rings. The summed E-state index contributed by atoms with van der Waals surface area (Å²) < 4.78 is 8.15. The Morgan fingerprint density at radius 2 is 1.77 bits per heavy atom. The summed E-state index contributed by atoms with van der Waals surface area (Å²) in [4.78, 5) is 15.4. The van der Waals surface area contributed by atoms with Crippen molar-refractivity contribution in [2.24, 2.45) is 5.73 Å². The molecule has 0 saturated carbocycles. The van der Waals surface area contributed by atoms with Gasteiger partial charge in [-0.3, -0.25) is 4.79 Å². The maximum Gasteiger partial charge on any atom is 0.268 e. The van der Waals surface area contributed by atoms with E-state index < -0.39 is 5.91 Å². The Balaban J connectivity index is 1.41. The third-order valence-corrected chi connectivity index (χ3v) is 5.48. The van der Waals surface area contributed by atoms with Gasteiger partial charge in [-0.05, 0) is 41.2 Å². The van der Waals surface area contributed by atoms with Crippen molar-refractivity contribution >= 4 is 16.7 Å². The largest absolute Gasteiger partial charge is 0.372 e. The topological polar surface area (TPSA) is 70.1 Å². The number of carbonyl (C=O) groups excluding carboxylic acids is 1. The third-order valence-electron chi connectivity index (χ3n) is 5.48. The highest BCUT2D eigenvalue weighted by atomic mass is 16.5. The van der Waals surface area contributed by atoms with E-state index in [0.29, 0.717) is 13.2 Å². The summed E-state index contributed by atoms with van der Waals surface area (Å²) in [5.41, 5.74) is 8.12. The average Bonchev–Trinajstić information content (AvgIpc) is 3.27. The molecule has 0 aliphatic rings. The van der Waals surface area contributed by atoms with Crippen molar-refractivity contribution < 1.29 is 9.53 Å². The zero-order valence-corrected chi connectivity index (χ0v) is 17.5. The number of hydrogen-bond donors (Lipinski definition) is 1. The van der Waals surface area contributed by atoms with Gasteiger partial charge in [0.2, 0.25) is 0 Å². The van der Waals surface area contributed by atoms with Crippen molar-refractivity contribution in [3.63, 3.8) is 0 Å². The van der Waals surface area contributed by atoms with E-state index in [1.165, 1.54) is 16.3 Å². The molecule has 0 spiro atoms. The second kappa shape index (κ2) is 10.0. The maximum absolute atomic E-state index is 11.4. The maximum atomic E-state index is 11.4. The molecule has 0 saturated heterocycles. The summed E-state index contributed by atoms with van der Waals surface area (Å²) in [5, 5.41) is 2.58. The van der Waals surface area contributed by atoms with E-state index in [1.54, 1.807) is 12.5 Å². The summed E-state index contributed by atoms with van der Waals surface area (Å²) in [7, 11) is 0. The van der Waals surface area contributed by atoms with Crippen molar-refractivity contribution in [2.45, 2.75) is 38.5 Å². The summed E-state index contributed by atoms with van der Waals surface area (Å²) in [6, 6.07) is 25.2. The van der Waals surface area contributed by atoms with Crippen LogP contribution in [0.3, 0.4) is 0 Å². The molecule has 0 unspecified atom stereocenters. The van der Waals surface area contributed by atoms with Crippen LogP contribution in [0.2, 0.25) is 0 Å². The molecule has 2 N–H and O–H groups in total. The number of aryl methyl sites for hydroxylation is 1. The Morgan fingerprint density at radius 3 is 2.58 bits per heavy atom. The lowest BCUT2D eigenvalue weighted by Gasteiger charge is -2.19. The number of hydrogen-bond acceptors (Lipinski definition) is 3. The number of aromatic nitrogens is 2. The zero-order valence-electron chi connectivity index (χ0n) is 17.5. The fourth-order valence-corrected chi connectivity index (χ4v) is 3.87. The number of benzene rings is 3. The highest BCUT2D eigenvalue weighted by molar-refractivity contribution is 5.90. The molecule has 1 amide bonds. The zero-order chi connectivity index (χ0) is 21.5. The molecule has 0 bridgehead atoms. The van der Waals surface area contributed by atoms with Gasteiger partial charge in [0, 0.05) is 12.7 Å². The van der Waals surface area contributed by atoms with Crippen LogP contribution in [0.1, 0.15) is 34.5 Å². The number of ether oxygens (including phenoxy) is 1. The minimum atomic E-state index is -0.517. The smallest absolute Gasteiger partial charge is 0.268 e. The van der Waals surface area contributed by atoms with E-state index in [2.05, 4.69) is 59.6 Å². The summed E-state index contributed by atoms with van der Waals surface area (Å²) in [5.74, 6) is -0.517. The van der Waals surface area contributed by atoms with Crippen LogP contribution in [0.25, 0.3) is 10.8 Å². The minimum absolute atomic E-state index is 0.00473.